The summed E-state index contributed by atoms with van der Waals surface area (Å²) in [5, 5.41) is 0. The molecule has 2 N–H and O–H groups in total. The first-order valence-corrected chi connectivity index (χ1v) is 3.38. The van der Waals surface area contributed by atoms with Gasteiger partial charge in [-0.25, -0.2) is 5.90 Å². The van der Waals surface area contributed by atoms with E-state index in [1.54, 1.807) is 4.90 Å². The zero-order valence-electron chi connectivity index (χ0n) is 6.04. The zero-order chi connectivity index (χ0) is 7.56. The number of nitrogens with two attached hydrogens (primary N) is 1. The summed E-state index contributed by atoms with van der Waals surface area (Å²) in [5.74, 6) is 5.00. The van der Waals surface area contributed by atoms with Gasteiger partial charge in [-0.1, -0.05) is 0 Å². The number of carbonyl (C=O) groups excluding carboxylic acids is 1. The van der Waals surface area contributed by atoms with Crippen LogP contribution in [0.1, 0.15) is 19.8 Å². The van der Waals surface area contributed by atoms with Crippen LogP contribution in [0.3, 0.4) is 0 Å². The Morgan fingerprint density at radius 3 is 2.90 bits per heavy atom. The Morgan fingerprint density at radius 1 is 1.80 bits per heavy atom. The summed E-state index contributed by atoms with van der Waals surface area (Å²) in [7, 11) is 0. The molecule has 58 valence electrons. The van der Waals surface area contributed by atoms with Crippen molar-refractivity contribution in [3.8, 4) is 0 Å². The standard InChI is InChI=1S/C6H12N2O2/c1-5(9)8-4-2-3-6(8)10-7/h6H,2-4,7H2,1H3. The molecule has 1 amide bonds. The minimum atomic E-state index is -0.183. The monoisotopic (exact) mass is 144 g/mol. The average Bonchev–Trinajstić information content (AvgIpc) is 2.33. The van der Waals surface area contributed by atoms with Crippen LogP contribution in [0.2, 0.25) is 0 Å². The Kier molecular flexibility index (Phi) is 2.24. The molecule has 1 heterocycles. The van der Waals surface area contributed by atoms with Crippen LogP contribution in [-0.4, -0.2) is 23.6 Å². The zero-order valence-corrected chi connectivity index (χ0v) is 6.04. The highest BCUT2D eigenvalue weighted by Crippen LogP contribution is 2.16. The van der Waals surface area contributed by atoms with Gasteiger partial charge in [-0.05, 0) is 12.8 Å². The Hall–Kier alpha value is -0.610. The highest BCUT2D eigenvalue weighted by molar-refractivity contribution is 5.73. The van der Waals surface area contributed by atoms with Gasteiger partial charge in [0, 0.05) is 13.5 Å². The predicted molar refractivity (Wildman–Crippen MR) is 35.7 cm³/mol. The van der Waals surface area contributed by atoms with E-state index in [1.165, 1.54) is 6.92 Å². The summed E-state index contributed by atoms with van der Waals surface area (Å²) in [6.45, 7) is 2.30. The average molecular weight is 144 g/mol. The van der Waals surface area contributed by atoms with Crippen LogP contribution < -0.4 is 5.90 Å². The third-order valence-electron chi connectivity index (χ3n) is 1.76. The van der Waals surface area contributed by atoms with Crippen LogP contribution >= 0.6 is 0 Å². The van der Waals surface area contributed by atoms with Crippen LogP contribution in [-0.2, 0) is 9.63 Å². The summed E-state index contributed by atoms with van der Waals surface area (Å²) < 4.78 is 0. The molecule has 0 aromatic carbocycles. The van der Waals surface area contributed by atoms with Crippen molar-refractivity contribution in [3.63, 3.8) is 0 Å². The number of likely N-dealkylation sites (tertiary alicyclic amines) is 1. The lowest BCUT2D eigenvalue weighted by atomic mass is 10.4. The summed E-state index contributed by atoms with van der Waals surface area (Å²) in [5.41, 5.74) is 0. The Bertz CT molecular complexity index is 138. The van der Waals surface area contributed by atoms with E-state index in [9.17, 15) is 4.79 Å². The SMILES string of the molecule is CC(=O)N1CCCC1ON. The number of nitrogens with zero attached hydrogens (tertiary/aromatic N) is 1. The van der Waals surface area contributed by atoms with Crippen LogP contribution in [0, 0.1) is 0 Å². The smallest absolute Gasteiger partial charge is 0.221 e. The van der Waals surface area contributed by atoms with Crippen LogP contribution in [0.4, 0.5) is 0 Å². The third-order valence-corrected chi connectivity index (χ3v) is 1.76. The number of hydrogen-bond acceptors (Lipinski definition) is 3. The molecule has 0 aliphatic carbocycles. The van der Waals surface area contributed by atoms with E-state index in [-0.39, 0.29) is 12.1 Å². The quantitative estimate of drug-likeness (QED) is 0.520. The summed E-state index contributed by atoms with van der Waals surface area (Å²) in [6, 6.07) is 0. The molecular weight excluding hydrogens is 132 g/mol. The van der Waals surface area contributed by atoms with Gasteiger partial charge in [0.25, 0.3) is 0 Å². The molecule has 1 rings (SSSR count). The fourth-order valence-electron chi connectivity index (χ4n) is 1.24. The van der Waals surface area contributed by atoms with E-state index < -0.39 is 0 Å². The maximum atomic E-state index is 10.8. The lowest BCUT2D eigenvalue weighted by Crippen LogP contribution is -2.36. The fourth-order valence-corrected chi connectivity index (χ4v) is 1.24. The molecule has 4 heteroatoms. The number of amides is 1. The summed E-state index contributed by atoms with van der Waals surface area (Å²) >= 11 is 0. The number of carbonyl (C=O) groups is 1. The van der Waals surface area contributed by atoms with Gasteiger partial charge in [0.2, 0.25) is 5.91 Å². The summed E-state index contributed by atoms with van der Waals surface area (Å²) in [6.07, 6.45) is 1.66. The second-order valence-corrected chi connectivity index (χ2v) is 2.45. The molecule has 4 nitrogen and oxygen atoms in total. The molecule has 0 aromatic heterocycles. The van der Waals surface area contributed by atoms with Crippen LogP contribution in [0.5, 0.6) is 0 Å². The van der Waals surface area contributed by atoms with Crippen molar-refractivity contribution in [1.82, 2.24) is 4.90 Å². The first-order chi connectivity index (χ1) is 4.75. The minimum Gasteiger partial charge on any atom is -0.315 e. The highest BCUT2D eigenvalue weighted by Gasteiger charge is 2.26. The van der Waals surface area contributed by atoms with Gasteiger partial charge in [0.15, 0.2) is 6.23 Å². The largest absolute Gasteiger partial charge is 0.315 e. The predicted octanol–water partition coefficient (Wildman–Crippen LogP) is -0.155. The molecule has 1 aliphatic rings. The lowest BCUT2D eigenvalue weighted by molar-refractivity contribution is -0.139. The molecule has 1 saturated heterocycles. The highest BCUT2D eigenvalue weighted by atomic mass is 16.6. The molecule has 0 bridgehead atoms. The van der Waals surface area contributed by atoms with Gasteiger partial charge in [-0.15, -0.1) is 0 Å². The number of rotatable bonds is 1. The first kappa shape index (κ1) is 7.50. The van der Waals surface area contributed by atoms with Crippen molar-refractivity contribution >= 4 is 5.91 Å². The molecule has 10 heavy (non-hydrogen) atoms. The molecule has 0 saturated carbocycles. The topological polar surface area (TPSA) is 55.6 Å². The Balaban J connectivity index is 2.50. The molecule has 1 fully saturated rings. The van der Waals surface area contributed by atoms with Gasteiger partial charge in [-0.3, -0.25) is 9.63 Å². The fraction of sp³-hybridized carbons (Fsp3) is 0.833. The molecule has 1 unspecified atom stereocenters. The van der Waals surface area contributed by atoms with E-state index in [0.29, 0.717) is 0 Å². The van der Waals surface area contributed by atoms with Gasteiger partial charge < -0.3 is 4.90 Å². The van der Waals surface area contributed by atoms with Crippen LogP contribution in [0.15, 0.2) is 0 Å². The second kappa shape index (κ2) is 2.98. The van der Waals surface area contributed by atoms with Crippen molar-refractivity contribution in [1.29, 1.82) is 0 Å². The maximum Gasteiger partial charge on any atom is 0.221 e. The van der Waals surface area contributed by atoms with Crippen molar-refractivity contribution in [2.24, 2.45) is 5.90 Å². The first-order valence-electron chi connectivity index (χ1n) is 3.38. The lowest BCUT2D eigenvalue weighted by Gasteiger charge is -2.20. The van der Waals surface area contributed by atoms with Gasteiger partial charge in [0.05, 0.1) is 0 Å². The molecule has 1 atom stereocenters. The Morgan fingerprint density at radius 2 is 2.50 bits per heavy atom. The molecule has 0 radical (unpaired) electrons. The van der Waals surface area contributed by atoms with E-state index in [0.717, 1.165) is 19.4 Å². The van der Waals surface area contributed by atoms with Gasteiger partial charge >= 0.3 is 0 Å². The molecule has 1 aliphatic heterocycles. The molecule has 0 spiro atoms. The van der Waals surface area contributed by atoms with E-state index in [4.69, 9.17) is 5.90 Å². The van der Waals surface area contributed by atoms with Gasteiger partial charge in [-0.2, -0.15) is 0 Å². The summed E-state index contributed by atoms with van der Waals surface area (Å²) in [4.78, 5) is 17.0. The maximum absolute atomic E-state index is 10.8. The minimum absolute atomic E-state index is 0.0351. The third kappa shape index (κ3) is 1.27. The van der Waals surface area contributed by atoms with Crippen molar-refractivity contribution in [2.45, 2.75) is 26.0 Å². The van der Waals surface area contributed by atoms with Crippen molar-refractivity contribution < 1.29 is 9.63 Å². The number of hydrogen-bond donors (Lipinski definition) is 1. The van der Waals surface area contributed by atoms with E-state index in [1.807, 2.05) is 0 Å². The second-order valence-electron chi connectivity index (χ2n) is 2.45. The van der Waals surface area contributed by atoms with Crippen molar-refractivity contribution in [2.75, 3.05) is 6.54 Å². The van der Waals surface area contributed by atoms with E-state index >= 15 is 0 Å². The molecule has 0 aromatic rings. The Labute approximate surface area is 59.9 Å². The molecular formula is C6H12N2O2. The van der Waals surface area contributed by atoms with Crippen LogP contribution in [0.25, 0.3) is 0 Å². The normalized spacial score (nSPS) is 25.4. The van der Waals surface area contributed by atoms with E-state index in [2.05, 4.69) is 4.84 Å². The van der Waals surface area contributed by atoms with Crippen molar-refractivity contribution in [3.05, 3.63) is 0 Å². The van der Waals surface area contributed by atoms with Gasteiger partial charge in [0.1, 0.15) is 0 Å².